The molecule has 0 aliphatic carbocycles. The Balaban J connectivity index is 1.93. The van der Waals surface area contributed by atoms with E-state index in [0.717, 1.165) is 18.3 Å². The maximum absolute atomic E-state index is 13.0. The molecular weight excluding hydrogens is 377 g/mol. The van der Waals surface area contributed by atoms with Crippen molar-refractivity contribution in [1.82, 2.24) is 14.1 Å². The van der Waals surface area contributed by atoms with Crippen molar-refractivity contribution in [2.75, 3.05) is 0 Å². The second-order valence-corrected chi connectivity index (χ2v) is 6.25. The lowest BCUT2D eigenvalue weighted by Gasteiger charge is -2.13. The van der Waals surface area contributed by atoms with Crippen molar-refractivity contribution >= 4 is 11.6 Å². The molecule has 2 heterocycles. The van der Waals surface area contributed by atoms with E-state index < -0.39 is 16.7 Å². The van der Waals surface area contributed by atoms with Crippen molar-refractivity contribution < 1.29 is 22.9 Å². The monoisotopic (exact) mass is 392 g/mol. The number of aromatic nitrogens is 3. The van der Waals surface area contributed by atoms with Gasteiger partial charge in [-0.15, -0.1) is 0 Å². The topological polar surface area (TPSA) is 83.0 Å². The molecule has 1 aromatic carbocycles. The van der Waals surface area contributed by atoms with Gasteiger partial charge in [0.05, 0.1) is 12.1 Å². The molecule has 28 heavy (non-hydrogen) atoms. The van der Waals surface area contributed by atoms with Gasteiger partial charge >= 0.3 is 12.0 Å². The number of rotatable bonds is 5. The summed E-state index contributed by atoms with van der Waals surface area (Å²) in [6.45, 7) is 3.15. The van der Waals surface area contributed by atoms with Crippen LogP contribution in [0.4, 0.5) is 19.0 Å². The third-order valence-corrected chi connectivity index (χ3v) is 4.30. The van der Waals surface area contributed by atoms with Crippen LogP contribution in [-0.2, 0) is 12.7 Å². The van der Waals surface area contributed by atoms with E-state index in [-0.39, 0.29) is 18.1 Å². The highest BCUT2D eigenvalue weighted by Crippen LogP contribution is 2.31. The SMILES string of the molecule is Cc1cc(C(=O)Cn2cnc([N+](=O)[O-])c2)c(C)n1-c1cccc(C(F)(F)F)c1. The highest BCUT2D eigenvalue weighted by atomic mass is 19.4. The van der Waals surface area contributed by atoms with Gasteiger partial charge in [0.2, 0.25) is 6.33 Å². The highest BCUT2D eigenvalue weighted by molar-refractivity contribution is 5.97. The minimum Gasteiger partial charge on any atom is -0.358 e. The molecule has 0 saturated carbocycles. The number of nitro groups is 1. The number of Topliss-reactive ketones (excluding diaryl/α,β-unsaturated/α-hetero) is 1. The maximum Gasteiger partial charge on any atom is 0.416 e. The third-order valence-electron chi connectivity index (χ3n) is 4.30. The maximum atomic E-state index is 13.0. The number of ketones is 1. The summed E-state index contributed by atoms with van der Waals surface area (Å²) < 4.78 is 41.9. The highest BCUT2D eigenvalue weighted by Gasteiger charge is 2.31. The predicted molar refractivity (Wildman–Crippen MR) is 93.5 cm³/mol. The van der Waals surface area contributed by atoms with Gasteiger partial charge in [0.25, 0.3) is 0 Å². The van der Waals surface area contributed by atoms with Crippen molar-refractivity contribution in [3.63, 3.8) is 0 Å². The van der Waals surface area contributed by atoms with Gasteiger partial charge in [-0.1, -0.05) is 6.07 Å². The fraction of sp³-hybridized carbons (Fsp3) is 0.222. The standard InChI is InChI=1S/C18H15F3N4O3/c1-11-6-15(16(26)8-23-9-17(22-10-23)25(27)28)12(2)24(11)14-5-3-4-13(7-14)18(19,20)21/h3-7,9-10H,8H2,1-2H3. The molecule has 0 spiro atoms. The normalized spacial score (nSPS) is 11.6. The molecule has 10 heteroatoms. The molecule has 0 radical (unpaired) electrons. The van der Waals surface area contributed by atoms with Crippen LogP contribution in [0.3, 0.4) is 0 Å². The molecule has 146 valence electrons. The van der Waals surface area contributed by atoms with Crippen LogP contribution in [0.25, 0.3) is 5.69 Å². The Hall–Kier alpha value is -3.43. The van der Waals surface area contributed by atoms with E-state index in [1.807, 2.05) is 0 Å². The van der Waals surface area contributed by atoms with Crippen LogP contribution in [-0.4, -0.2) is 24.8 Å². The number of hydrogen-bond donors (Lipinski definition) is 0. The van der Waals surface area contributed by atoms with Crippen LogP contribution in [0.15, 0.2) is 42.9 Å². The van der Waals surface area contributed by atoms with Gasteiger partial charge < -0.3 is 19.2 Å². The van der Waals surface area contributed by atoms with Crippen molar-refractivity contribution in [2.45, 2.75) is 26.6 Å². The molecule has 0 atom stereocenters. The number of nitrogens with zero attached hydrogens (tertiary/aromatic N) is 4. The minimum absolute atomic E-state index is 0.173. The van der Waals surface area contributed by atoms with Crippen LogP contribution in [0.2, 0.25) is 0 Å². The summed E-state index contributed by atoms with van der Waals surface area (Å²) in [4.78, 5) is 26.2. The lowest BCUT2D eigenvalue weighted by Crippen LogP contribution is -2.11. The molecule has 2 aromatic heterocycles. The van der Waals surface area contributed by atoms with Crippen LogP contribution < -0.4 is 0 Å². The number of carbonyl (C=O) groups excluding carboxylic acids is 1. The van der Waals surface area contributed by atoms with E-state index in [9.17, 15) is 28.1 Å². The zero-order valence-electron chi connectivity index (χ0n) is 14.9. The van der Waals surface area contributed by atoms with E-state index in [1.165, 1.54) is 23.0 Å². The van der Waals surface area contributed by atoms with Crippen molar-refractivity contribution in [3.05, 3.63) is 75.5 Å². The predicted octanol–water partition coefficient (Wildman–Crippen LogP) is 4.10. The number of aryl methyl sites for hydroxylation is 1. The summed E-state index contributed by atoms with van der Waals surface area (Å²) in [5.74, 6) is -0.708. The molecule has 0 fully saturated rings. The average Bonchev–Trinajstić information content (AvgIpc) is 3.19. The van der Waals surface area contributed by atoms with E-state index in [0.29, 0.717) is 22.6 Å². The summed E-state index contributed by atoms with van der Waals surface area (Å²) in [5.41, 5.74) is 0.915. The fourth-order valence-electron chi connectivity index (χ4n) is 3.04. The van der Waals surface area contributed by atoms with Gasteiger partial charge in [0.1, 0.15) is 6.20 Å². The van der Waals surface area contributed by atoms with Gasteiger partial charge in [-0.05, 0) is 48.0 Å². The Morgan fingerprint density at radius 1 is 1.25 bits per heavy atom. The van der Waals surface area contributed by atoms with E-state index in [4.69, 9.17) is 0 Å². The van der Waals surface area contributed by atoms with Crippen LogP contribution in [0, 0.1) is 24.0 Å². The quantitative estimate of drug-likeness (QED) is 0.372. The molecule has 0 aliphatic heterocycles. The number of halogens is 3. The first kappa shape index (κ1) is 19.3. The number of imidazole rings is 1. The first-order valence-corrected chi connectivity index (χ1v) is 8.14. The number of hydrogen-bond acceptors (Lipinski definition) is 4. The average molecular weight is 392 g/mol. The second-order valence-electron chi connectivity index (χ2n) is 6.25. The van der Waals surface area contributed by atoms with E-state index >= 15 is 0 Å². The lowest BCUT2D eigenvalue weighted by molar-refractivity contribution is -0.389. The van der Waals surface area contributed by atoms with Crippen LogP contribution in [0.5, 0.6) is 0 Å². The van der Waals surface area contributed by atoms with Crippen molar-refractivity contribution in [1.29, 1.82) is 0 Å². The molecule has 3 aromatic rings. The van der Waals surface area contributed by atoms with Crippen LogP contribution >= 0.6 is 0 Å². The van der Waals surface area contributed by atoms with E-state index in [2.05, 4.69) is 4.98 Å². The Morgan fingerprint density at radius 2 is 1.96 bits per heavy atom. The van der Waals surface area contributed by atoms with Gasteiger partial charge in [-0.3, -0.25) is 4.79 Å². The Morgan fingerprint density at radius 3 is 2.57 bits per heavy atom. The first-order valence-electron chi connectivity index (χ1n) is 8.14. The lowest BCUT2D eigenvalue weighted by atomic mass is 10.1. The molecule has 3 rings (SSSR count). The largest absolute Gasteiger partial charge is 0.416 e. The molecule has 0 amide bonds. The summed E-state index contributed by atoms with van der Waals surface area (Å²) in [6.07, 6.45) is -2.15. The molecular formula is C18H15F3N4O3. The Labute approximate surface area is 157 Å². The van der Waals surface area contributed by atoms with E-state index in [1.54, 1.807) is 24.5 Å². The van der Waals surface area contributed by atoms with Crippen LogP contribution in [0.1, 0.15) is 27.3 Å². The zero-order valence-corrected chi connectivity index (χ0v) is 14.9. The summed E-state index contributed by atoms with van der Waals surface area (Å²) in [6, 6.07) is 6.43. The zero-order chi connectivity index (χ0) is 20.6. The Bertz CT molecular complexity index is 1070. The first-order chi connectivity index (χ1) is 13.1. The number of alkyl halides is 3. The molecule has 0 bridgehead atoms. The fourth-order valence-corrected chi connectivity index (χ4v) is 3.04. The van der Waals surface area contributed by atoms with Gasteiger partial charge in [0, 0.05) is 22.6 Å². The minimum atomic E-state index is -4.47. The van der Waals surface area contributed by atoms with Crippen molar-refractivity contribution in [2.24, 2.45) is 0 Å². The smallest absolute Gasteiger partial charge is 0.358 e. The molecule has 7 nitrogen and oxygen atoms in total. The second kappa shape index (κ2) is 6.95. The summed E-state index contributed by atoms with van der Waals surface area (Å²) in [7, 11) is 0. The molecule has 0 aliphatic rings. The summed E-state index contributed by atoms with van der Waals surface area (Å²) >= 11 is 0. The number of carbonyl (C=O) groups is 1. The Kier molecular flexibility index (Phi) is 4.80. The van der Waals surface area contributed by atoms with Gasteiger partial charge in [0.15, 0.2) is 5.78 Å². The molecule has 0 unspecified atom stereocenters. The number of benzene rings is 1. The molecule has 0 saturated heterocycles. The third kappa shape index (κ3) is 3.66. The summed E-state index contributed by atoms with van der Waals surface area (Å²) in [5, 5.41) is 10.7. The van der Waals surface area contributed by atoms with Gasteiger partial charge in [-0.2, -0.15) is 13.2 Å². The van der Waals surface area contributed by atoms with Gasteiger partial charge in [-0.25, -0.2) is 0 Å². The van der Waals surface area contributed by atoms with Crippen molar-refractivity contribution in [3.8, 4) is 5.69 Å². The molecule has 0 N–H and O–H groups in total.